The van der Waals surface area contributed by atoms with E-state index in [1.807, 2.05) is 6.07 Å². The van der Waals surface area contributed by atoms with E-state index in [9.17, 15) is 14.0 Å². The molecule has 2 aromatic rings. The zero-order valence-corrected chi connectivity index (χ0v) is 13.7. The van der Waals surface area contributed by atoms with Crippen LogP contribution in [0.3, 0.4) is 0 Å². The molecule has 2 aromatic carbocycles. The molecule has 0 heterocycles. The molecule has 0 aromatic heterocycles. The van der Waals surface area contributed by atoms with Crippen molar-refractivity contribution in [3.63, 3.8) is 0 Å². The minimum absolute atomic E-state index is 0.0468. The molecule has 2 rings (SSSR count). The van der Waals surface area contributed by atoms with Crippen molar-refractivity contribution in [1.82, 2.24) is 10.6 Å². The van der Waals surface area contributed by atoms with Crippen LogP contribution in [0.2, 0.25) is 5.02 Å². The predicted octanol–water partition coefficient (Wildman–Crippen LogP) is 2.49. The van der Waals surface area contributed by atoms with Crippen molar-refractivity contribution in [3.05, 3.63) is 64.9 Å². The van der Waals surface area contributed by atoms with Gasteiger partial charge in [0.25, 0.3) is 0 Å². The van der Waals surface area contributed by atoms with E-state index < -0.39 is 17.8 Å². The van der Waals surface area contributed by atoms with Crippen LogP contribution in [0.15, 0.2) is 48.5 Å². The van der Waals surface area contributed by atoms with Crippen LogP contribution in [0, 0.1) is 5.82 Å². The lowest BCUT2D eigenvalue weighted by Gasteiger charge is -2.18. The van der Waals surface area contributed by atoms with Crippen LogP contribution < -0.4 is 16.0 Å². The largest absolute Gasteiger partial charge is 0.373 e. The summed E-state index contributed by atoms with van der Waals surface area (Å²) >= 11 is 5.89. The molecule has 2 amide bonds. The second-order valence-electron chi connectivity index (χ2n) is 4.98. The van der Waals surface area contributed by atoms with E-state index in [1.165, 1.54) is 25.2 Å². The maximum atomic E-state index is 13.7. The lowest BCUT2D eigenvalue weighted by molar-refractivity contribution is -0.128. The summed E-state index contributed by atoms with van der Waals surface area (Å²) in [6.45, 7) is -0.221. The lowest BCUT2D eigenvalue weighted by Crippen LogP contribution is -2.41. The molecule has 0 aliphatic carbocycles. The third kappa shape index (κ3) is 4.45. The maximum Gasteiger partial charge on any atom is 0.246 e. The number of hydrogen-bond donors (Lipinski definition) is 3. The quantitative estimate of drug-likeness (QED) is 0.750. The lowest BCUT2D eigenvalue weighted by atomic mass is 10.1. The highest BCUT2D eigenvalue weighted by molar-refractivity contribution is 6.33. The summed E-state index contributed by atoms with van der Waals surface area (Å²) in [5.41, 5.74) is 0.694. The number of anilines is 1. The van der Waals surface area contributed by atoms with E-state index in [4.69, 9.17) is 11.6 Å². The van der Waals surface area contributed by atoms with Crippen molar-refractivity contribution < 1.29 is 14.0 Å². The first-order valence-corrected chi connectivity index (χ1v) is 7.64. The maximum absolute atomic E-state index is 13.7. The first-order valence-electron chi connectivity index (χ1n) is 7.26. The first-order chi connectivity index (χ1) is 11.5. The van der Waals surface area contributed by atoms with Crippen molar-refractivity contribution in [2.24, 2.45) is 0 Å². The summed E-state index contributed by atoms with van der Waals surface area (Å²) in [7, 11) is 1.49. The van der Waals surface area contributed by atoms with Gasteiger partial charge in [-0.3, -0.25) is 9.59 Å². The Balaban J connectivity index is 2.05. The minimum Gasteiger partial charge on any atom is -0.373 e. The Morgan fingerprint density at radius 3 is 2.46 bits per heavy atom. The number of para-hydroxylation sites is 1. The zero-order valence-electron chi connectivity index (χ0n) is 13.0. The van der Waals surface area contributed by atoms with Gasteiger partial charge in [-0.2, -0.15) is 0 Å². The van der Waals surface area contributed by atoms with Gasteiger partial charge in [0.15, 0.2) is 0 Å². The average Bonchev–Trinajstić information content (AvgIpc) is 2.59. The van der Waals surface area contributed by atoms with E-state index in [1.54, 1.807) is 24.3 Å². The van der Waals surface area contributed by atoms with Gasteiger partial charge in [0.1, 0.15) is 11.9 Å². The second kappa shape index (κ2) is 8.31. The number of rotatable bonds is 6. The molecule has 0 spiro atoms. The van der Waals surface area contributed by atoms with E-state index in [2.05, 4.69) is 16.0 Å². The normalized spacial score (nSPS) is 11.5. The second-order valence-corrected chi connectivity index (χ2v) is 5.38. The van der Waals surface area contributed by atoms with Gasteiger partial charge in [-0.25, -0.2) is 4.39 Å². The smallest absolute Gasteiger partial charge is 0.246 e. The minimum atomic E-state index is -0.832. The van der Waals surface area contributed by atoms with E-state index in [0.717, 1.165) is 0 Å². The van der Waals surface area contributed by atoms with Crippen LogP contribution in [0.25, 0.3) is 0 Å². The Morgan fingerprint density at radius 2 is 1.83 bits per heavy atom. The van der Waals surface area contributed by atoms with Gasteiger partial charge in [0, 0.05) is 7.05 Å². The summed E-state index contributed by atoms with van der Waals surface area (Å²) in [6, 6.07) is 12.2. The predicted molar refractivity (Wildman–Crippen MR) is 91.3 cm³/mol. The third-order valence-electron chi connectivity index (χ3n) is 3.34. The number of carbonyl (C=O) groups is 2. The van der Waals surface area contributed by atoms with Crippen molar-refractivity contribution >= 4 is 29.1 Å². The highest BCUT2D eigenvalue weighted by Crippen LogP contribution is 2.24. The molecule has 0 bridgehead atoms. The number of carbonyl (C=O) groups excluding carboxylic acids is 2. The zero-order chi connectivity index (χ0) is 17.5. The molecule has 24 heavy (non-hydrogen) atoms. The molecular weight excluding hydrogens is 333 g/mol. The molecule has 7 heteroatoms. The highest BCUT2D eigenvalue weighted by Gasteiger charge is 2.21. The summed E-state index contributed by atoms with van der Waals surface area (Å²) in [5.74, 6) is -1.37. The molecule has 0 saturated heterocycles. The van der Waals surface area contributed by atoms with Gasteiger partial charge in [-0.1, -0.05) is 48.0 Å². The fourth-order valence-electron chi connectivity index (χ4n) is 2.14. The van der Waals surface area contributed by atoms with Crippen LogP contribution >= 0.6 is 11.6 Å². The van der Waals surface area contributed by atoms with Gasteiger partial charge in [0.2, 0.25) is 11.8 Å². The Bertz CT molecular complexity index is 705. The summed E-state index contributed by atoms with van der Waals surface area (Å²) in [6.07, 6.45) is 0. The molecule has 3 N–H and O–H groups in total. The Kier molecular flexibility index (Phi) is 6.14. The fourth-order valence-corrected chi connectivity index (χ4v) is 2.37. The molecule has 1 unspecified atom stereocenters. The van der Waals surface area contributed by atoms with Crippen molar-refractivity contribution in [3.8, 4) is 0 Å². The molecule has 0 aliphatic heterocycles. The molecule has 0 saturated carbocycles. The number of likely N-dealkylation sites (N-methyl/N-ethyl adjacent to an activating group) is 1. The SMILES string of the molecule is CNC(=O)C(NC(=O)CNc1c(F)cccc1Cl)c1ccccc1. The van der Waals surface area contributed by atoms with Gasteiger partial charge in [-0.05, 0) is 17.7 Å². The monoisotopic (exact) mass is 349 g/mol. The molecule has 1 atom stereocenters. The number of hydrogen-bond acceptors (Lipinski definition) is 3. The van der Waals surface area contributed by atoms with E-state index in [0.29, 0.717) is 5.56 Å². The summed E-state index contributed by atoms with van der Waals surface area (Å²) < 4.78 is 13.7. The first kappa shape index (κ1) is 17.7. The van der Waals surface area contributed by atoms with Crippen molar-refractivity contribution in [2.75, 3.05) is 18.9 Å². The van der Waals surface area contributed by atoms with Crippen LogP contribution in [0.5, 0.6) is 0 Å². The van der Waals surface area contributed by atoms with Crippen LogP contribution in [-0.4, -0.2) is 25.4 Å². The fraction of sp³-hybridized carbons (Fsp3) is 0.176. The highest BCUT2D eigenvalue weighted by atomic mass is 35.5. The van der Waals surface area contributed by atoms with Crippen LogP contribution in [-0.2, 0) is 9.59 Å². The van der Waals surface area contributed by atoms with Crippen molar-refractivity contribution in [2.45, 2.75) is 6.04 Å². The van der Waals surface area contributed by atoms with E-state index in [-0.39, 0.29) is 23.2 Å². The number of nitrogens with one attached hydrogen (secondary N) is 3. The Hall–Kier alpha value is -2.60. The molecule has 5 nitrogen and oxygen atoms in total. The van der Waals surface area contributed by atoms with Crippen molar-refractivity contribution in [1.29, 1.82) is 0 Å². The Morgan fingerprint density at radius 1 is 1.12 bits per heavy atom. The number of amides is 2. The van der Waals surface area contributed by atoms with Gasteiger partial charge in [-0.15, -0.1) is 0 Å². The van der Waals surface area contributed by atoms with Gasteiger partial charge >= 0.3 is 0 Å². The van der Waals surface area contributed by atoms with Crippen LogP contribution in [0.4, 0.5) is 10.1 Å². The number of halogens is 2. The van der Waals surface area contributed by atoms with Crippen LogP contribution in [0.1, 0.15) is 11.6 Å². The standard InChI is InChI=1S/C17H17ClFN3O2/c1-20-17(24)15(11-6-3-2-4-7-11)22-14(23)10-21-16-12(18)8-5-9-13(16)19/h2-9,15,21H,10H2,1H3,(H,20,24)(H,22,23). The molecular formula is C17H17ClFN3O2. The summed E-state index contributed by atoms with van der Waals surface area (Å²) in [4.78, 5) is 24.1. The topological polar surface area (TPSA) is 70.2 Å². The summed E-state index contributed by atoms with van der Waals surface area (Å²) in [5, 5.41) is 7.94. The molecule has 126 valence electrons. The molecule has 0 fully saturated rings. The average molecular weight is 350 g/mol. The third-order valence-corrected chi connectivity index (χ3v) is 3.65. The molecule has 0 aliphatic rings. The van der Waals surface area contributed by atoms with Gasteiger partial charge in [0.05, 0.1) is 17.3 Å². The Labute approximate surface area is 144 Å². The molecule has 0 radical (unpaired) electrons. The van der Waals surface area contributed by atoms with E-state index >= 15 is 0 Å². The number of benzene rings is 2. The van der Waals surface area contributed by atoms with Gasteiger partial charge < -0.3 is 16.0 Å².